The van der Waals surface area contributed by atoms with Crippen molar-refractivity contribution in [1.82, 2.24) is 10.2 Å². The lowest BCUT2D eigenvalue weighted by molar-refractivity contribution is -0.118. The number of hydrogen-bond donors (Lipinski definition) is 0. The Bertz CT molecular complexity index is 114. The van der Waals surface area contributed by atoms with Gasteiger partial charge in [-0.3, -0.25) is 9.69 Å². The Balaban J connectivity index is 2.37. The van der Waals surface area contributed by atoms with E-state index in [1.165, 1.54) is 0 Å². The second-order valence-electron chi connectivity index (χ2n) is 2.38. The zero-order chi connectivity index (χ0) is 6.69. The van der Waals surface area contributed by atoms with Crippen molar-refractivity contribution in [2.24, 2.45) is 0 Å². The summed E-state index contributed by atoms with van der Waals surface area (Å²) in [6.07, 6.45) is 0. The van der Waals surface area contributed by atoms with E-state index in [2.05, 4.69) is 5.32 Å². The van der Waals surface area contributed by atoms with Crippen molar-refractivity contribution in [2.45, 2.75) is 0 Å². The number of nitrogens with zero attached hydrogens (tertiary/aromatic N) is 2. The predicted molar refractivity (Wildman–Crippen MR) is 34.4 cm³/mol. The monoisotopic (exact) mass is 127 g/mol. The van der Waals surface area contributed by atoms with Crippen LogP contribution < -0.4 is 5.32 Å². The van der Waals surface area contributed by atoms with Gasteiger partial charge < -0.3 is 0 Å². The average molecular weight is 127 g/mol. The quantitative estimate of drug-likeness (QED) is 0.423. The molecule has 0 spiro atoms. The maximum Gasteiger partial charge on any atom is 0.162 e. The third kappa shape index (κ3) is 2.11. The number of hydrogen-bond acceptors (Lipinski definition) is 2. The molecule has 51 valence electrons. The van der Waals surface area contributed by atoms with E-state index in [-0.39, 0.29) is 5.78 Å². The van der Waals surface area contributed by atoms with Crippen molar-refractivity contribution in [1.29, 1.82) is 0 Å². The summed E-state index contributed by atoms with van der Waals surface area (Å²) < 4.78 is 0. The summed E-state index contributed by atoms with van der Waals surface area (Å²) in [5, 5.41) is 4.01. The van der Waals surface area contributed by atoms with Crippen molar-refractivity contribution < 1.29 is 4.79 Å². The lowest BCUT2D eigenvalue weighted by Crippen LogP contribution is -2.25. The molecule has 3 heteroatoms. The van der Waals surface area contributed by atoms with Gasteiger partial charge in [0.2, 0.25) is 0 Å². The maximum atomic E-state index is 10.8. The highest BCUT2D eigenvalue weighted by atomic mass is 16.1. The summed E-state index contributed by atoms with van der Waals surface area (Å²) in [6.45, 7) is 2.72. The molecule has 0 aromatic carbocycles. The molecule has 1 radical (unpaired) electrons. The van der Waals surface area contributed by atoms with Crippen molar-refractivity contribution in [2.75, 3.05) is 33.2 Å². The Hall–Kier alpha value is -0.410. The number of rotatable bonds is 0. The van der Waals surface area contributed by atoms with Crippen LogP contribution in [0.25, 0.3) is 0 Å². The summed E-state index contributed by atoms with van der Waals surface area (Å²) in [7, 11) is 1.94. The minimum absolute atomic E-state index is 0.231. The zero-order valence-corrected chi connectivity index (χ0v) is 5.63. The number of Topliss-reactive ketones (excluding diaryl/α,β-unsaturated/α-hetero) is 1. The van der Waals surface area contributed by atoms with E-state index in [4.69, 9.17) is 0 Å². The summed E-state index contributed by atoms with van der Waals surface area (Å²) in [4.78, 5) is 12.8. The van der Waals surface area contributed by atoms with E-state index in [1.807, 2.05) is 11.9 Å². The summed E-state index contributed by atoms with van der Waals surface area (Å²) in [6, 6.07) is 0. The van der Waals surface area contributed by atoms with Gasteiger partial charge in [-0.15, -0.1) is 0 Å². The van der Waals surface area contributed by atoms with Gasteiger partial charge >= 0.3 is 0 Å². The lowest BCUT2D eigenvalue weighted by Gasteiger charge is -2.08. The van der Waals surface area contributed by atoms with Crippen molar-refractivity contribution >= 4 is 5.78 Å². The molecule has 0 bridgehead atoms. The van der Waals surface area contributed by atoms with Crippen LogP contribution in [-0.2, 0) is 4.79 Å². The third-order valence-electron chi connectivity index (χ3n) is 1.37. The van der Waals surface area contributed by atoms with Crippen LogP contribution in [0, 0.1) is 0 Å². The third-order valence-corrected chi connectivity index (χ3v) is 1.37. The molecule has 0 saturated carbocycles. The van der Waals surface area contributed by atoms with Crippen LogP contribution in [-0.4, -0.2) is 43.9 Å². The molecule has 1 fully saturated rings. The highest BCUT2D eigenvalue weighted by molar-refractivity contribution is 5.82. The van der Waals surface area contributed by atoms with Gasteiger partial charge in [-0.1, -0.05) is 0 Å². The van der Waals surface area contributed by atoms with Gasteiger partial charge in [-0.25, -0.2) is 5.32 Å². The maximum absolute atomic E-state index is 10.8. The normalized spacial score (nSPS) is 23.9. The second kappa shape index (κ2) is 2.94. The topological polar surface area (TPSA) is 34.4 Å². The first kappa shape index (κ1) is 6.71. The van der Waals surface area contributed by atoms with Crippen LogP contribution in [0.15, 0.2) is 0 Å². The SMILES string of the molecule is CN1CC[N]CC(=O)C1. The molecule has 1 heterocycles. The fourth-order valence-electron chi connectivity index (χ4n) is 0.875. The summed E-state index contributed by atoms with van der Waals surface area (Å²) >= 11 is 0. The fraction of sp³-hybridized carbons (Fsp3) is 0.833. The Morgan fingerprint density at radius 1 is 1.67 bits per heavy atom. The molecule has 0 unspecified atom stereocenters. The molecule has 0 N–H and O–H groups in total. The van der Waals surface area contributed by atoms with Crippen LogP contribution in [0.1, 0.15) is 0 Å². The van der Waals surface area contributed by atoms with Crippen molar-refractivity contribution in [3.05, 3.63) is 0 Å². The summed E-state index contributed by atoms with van der Waals surface area (Å²) in [5.41, 5.74) is 0. The lowest BCUT2D eigenvalue weighted by atomic mass is 10.4. The Kier molecular flexibility index (Phi) is 2.19. The van der Waals surface area contributed by atoms with Gasteiger partial charge in [0.15, 0.2) is 5.78 Å². The van der Waals surface area contributed by atoms with Crippen molar-refractivity contribution in [3.63, 3.8) is 0 Å². The van der Waals surface area contributed by atoms with Crippen LogP contribution in [0.3, 0.4) is 0 Å². The smallest absolute Gasteiger partial charge is 0.162 e. The van der Waals surface area contributed by atoms with Crippen LogP contribution in [0.5, 0.6) is 0 Å². The van der Waals surface area contributed by atoms with Crippen molar-refractivity contribution in [3.8, 4) is 0 Å². The number of carbonyl (C=O) groups excluding carboxylic acids is 1. The molecule has 1 aliphatic rings. The van der Waals surface area contributed by atoms with E-state index < -0.39 is 0 Å². The first-order chi connectivity index (χ1) is 4.29. The van der Waals surface area contributed by atoms with E-state index in [0.29, 0.717) is 13.1 Å². The number of ketones is 1. The predicted octanol–water partition coefficient (Wildman–Crippen LogP) is -0.895. The standard InChI is InChI=1S/C6H11N2O/c1-8-3-2-7-4-6(9)5-8/h2-5H2,1H3. The minimum Gasteiger partial charge on any atom is -0.298 e. The first-order valence-corrected chi connectivity index (χ1v) is 3.12. The molecular formula is C6H11N2O. The van der Waals surface area contributed by atoms with E-state index in [0.717, 1.165) is 13.1 Å². The number of likely N-dealkylation sites (N-methyl/N-ethyl adjacent to an activating group) is 1. The van der Waals surface area contributed by atoms with Gasteiger partial charge in [-0.05, 0) is 7.05 Å². The van der Waals surface area contributed by atoms with Crippen LogP contribution in [0.2, 0.25) is 0 Å². The zero-order valence-electron chi connectivity index (χ0n) is 5.63. The second-order valence-corrected chi connectivity index (χ2v) is 2.38. The van der Waals surface area contributed by atoms with E-state index >= 15 is 0 Å². The largest absolute Gasteiger partial charge is 0.298 e. The van der Waals surface area contributed by atoms with Gasteiger partial charge in [0.05, 0.1) is 13.1 Å². The Morgan fingerprint density at radius 3 is 3.22 bits per heavy atom. The van der Waals surface area contributed by atoms with Crippen LogP contribution >= 0.6 is 0 Å². The first-order valence-electron chi connectivity index (χ1n) is 3.12. The van der Waals surface area contributed by atoms with Gasteiger partial charge in [0.25, 0.3) is 0 Å². The van der Waals surface area contributed by atoms with Gasteiger partial charge in [0.1, 0.15) is 0 Å². The molecule has 0 amide bonds. The van der Waals surface area contributed by atoms with Gasteiger partial charge in [0, 0.05) is 13.1 Å². The highest BCUT2D eigenvalue weighted by Gasteiger charge is 2.10. The fourth-order valence-corrected chi connectivity index (χ4v) is 0.875. The molecular weight excluding hydrogens is 116 g/mol. The molecule has 0 aromatic heterocycles. The van der Waals surface area contributed by atoms with E-state index in [9.17, 15) is 4.79 Å². The summed E-state index contributed by atoms with van der Waals surface area (Å²) in [5.74, 6) is 0.231. The molecule has 0 atom stereocenters. The molecule has 1 rings (SSSR count). The van der Waals surface area contributed by atoms with Crippen LogP contribution in [0.4, 0.5) is 0 Å². The Morgan fingerprint density at radius 2 is 2.44 bits per heavy atom. The highest BCUT2D eigenvalue weighted by Crippen LogP contribution is 1.87. The minimum atomic E-state index is 0.231. The average Bonchev–Trinajstić information content (AvgIpc) is 1.93. The number of carbonyl (C=O) groups is 1. The molecule has 1 saturated heterocycles. The van der Waals surface area contributed by atoms with E-state index in [1.54, 1.807) is 0 Å². The molecule has 1 aliphatic heterocycles. The van der Waals surface area contributed by atoms with Gasteiger partial charge in [-0.2, -0.15) is 0 Å². The Labute approximate surface area is 55.0 Å². The molecule has 0 aliphatic carbocycles. The molecule has 0 aromatic rings. The molecule has 9 heavy (non-hydrogen) atoms. The molecule has 3 nitrogen and oxygen atoms in total.